The lowest BCUT2D eigenvalue weighted by Crippen LogP contribution is -2.63. The zero-order valence-electron chi connectivity index (χ0n) is 18.7. The Morgan fingerprint density at radius 3 is 2.58 bits per heavy atom. The van der Waals surface area contributed by atoms with E-state index in [-0.39, 0.29) is 28.2 Å². The van der Waals surface area contributed by atoms with Gasteiger partial charge in [0.25, 0.3) is 11.8 Å². The van der Waals surface area contributed by atoms with Crippen LogP contribution >= 0.6 is 27.3 Å². The van der Waals surface area contributed by atoms with Gasteiger partial charge < -0.3 is 15.2 Å². The summed E-state index contributed by atoms with van der Waals surface area (Å²) >= 11 is 4.47. The van der Waals surface area contributed by atoms with E-state index in [9.17, 15) is 31.9 Å². The van der Waals surface area contributed by atoms with Crippen LogP contribution in [-0.2, 0) is 9.53 Å². The molecule has 2 aliphatic rings. The fraction of sp³-hybridized carbons (Fsp3) is 0.409. The Morgan fingerprint density at radius 1 is 1.31 bits per heavy atom. The summed E-state index contributed by atoms with van der Waals surface area (Å²) in [4.78, 5) is 22.6. The highest BCUT2D eigenvalue weighted by Gasteiger charge is 2.59. The Morgan fingerprint density at radius 2 is 2.00 bits per heavy atom. The van der Waals surface area contributed by atoms with Crippen molar-refractivity contribution in [3.63, 3.8) is 0 Å². The molecule has 1 aromatic heterocycles. The van der Waals surface area contributed by atoms with Gasteiger partial charge in [0.2, 0.25) is 0 Å². The molecule has 7 nitrogen and oxygen atoms in total. The highest BCUT2D eigenvalue weighted by Crippen LogP contribution is 2.40. The molecule has 0 spiro atoms. The number of likely N-dealkylation sites (tertiary alicyclic amines) is 1. The molecule has 0 aliphatic carbocycles. The summed E-state index contributed by atoms with van der Waals surface area (Å²) in [6.07, 6.45) is -1.63. The molecule has 2 aromatic rings. The molecule has 1 atom stereocenters. The Hall–Kier alpha value is -2.42. The fourth-order valence-corrected chi connectivity index (χ4v) is 5.19. The van der Waals surface area contributed by atoms with E-state index in [2.05, 4.69) is 31.2 Å². The molecule has 0 unspecified atom stereocenters. The summed E-state index contributed by atoms with van der Waals surface area (Å²) in [5.74, 6) is -9.41. The van der Waals surface area contributed by atoms with Crippen LogP contribution in [0.1, 0.15) is 23.5 Å². The van der Waals surface area contributed by atoms with E-state index in [1.54, 1.807) is 12.3 Å². The first-order valence-electron chi connectivity index (χ1n) is 10.7. The number of hydrogen-bond acceptors (Lipinski definition) is 8. The molecular weight excluding hydrogens is 575 g/mol. The number of thiazole rings is 1. The largest absolute Gasteiger partial charge is 0.463 e. The molecule has 2 aliphatic heterocycles. The zero-order valence-corrected chi connectivity index (χ0v) is 21.1. The number of aromatic nitrogens is 1. The van der Waals surface area contributed by atoms with E-state index in [0.29, 0.717) is 10.6 Å². The number of rotatable bonds is 6. The normalized spacial score (nSPS) is 22.2. The Balaban J connectivity index is 1.82. The number of aliphatic hydroxyl groups excluding tert-OH is 1. The smallest absolute Gasteiger partial charge is 0.338 e. The monoisotopic (exact) mass is 594 g/mol. The topological polar surface area (TPSA) is 87.0 Å². The molecule has 4 rings (SSSR count). The molecule has 0 bridgehead atoms. The predicted octanol–water partition coefficient (Wildman–Crippen LogP) is 3.90. The van der Waals surface area contributed by atoms with Crippen LogP contribution in [0.25, 0.3) is 0 Å². The first-order valence-corrected chi connectivity index (χ1v) is 12.4. The second-order valence-corrected chi connectivity index (χ2v) is 9.94. The van der Waals surface area contributed by atoms with Gasteiger partial charge in [0, 0.05) is 28.3 Å². The van der Waals surface area contributed by atoms with Crippen LogP contribution in [-0.4, -0.2) is 71.0 Å². The molecular formula is C22H20BrF5N4O3S. The van der Waals surface area contributed by atoms with Crippen LogP contribution in [0, 0.1) is 5.82 Å². The summed E-state index contributed by atoms with van der Waals surface area (Å²) in [5, 5.41) is 14.4. The van der Waals surface area contributed by atoms with Crippen molar-refractivity contribution in [3.8, 4) is 0 Å². The zero-order chi connectivity index (χ0) is 26.3. The number of amidine groups is 1. The number of carbonyl (C=O) groups excluding carboxylic acids is 1. The minimum atomic E-state index is -4.09. The van der Waals surface area contributed by atoms with Crippen LogP contribution in [0.5, 0.6) is 0 Å². The third kappa shape index (κ3) is 5.31. The molecule has 1 aromatic carbocycles. The molecule has 1 fully saturated rings. The van der Waals surface area contributed by atoms with E-state index in [1.807, 2.05) is 0 Å². The van der Waals surface area contributed by atoms with Gasteiger partial charge in [-0.1, -0.05) is 22.0 Å². The van der Waals surface area contributed by atoms with Crippen LogP contribution in [0.15, 0.2) is 50.5 Å². The minimum absolute atomic E-state index is 0.00198. The Kier molecular flexibility index (Phi) is 7.51. The number of nitrogens with one attached hydrogen (secondary N) is 1. The third-order valence-electron chi connectivity index (χ3n) is 5.56. The molecule has 1 saturated heterocycles. The van der Waals surface area contributed by atoms with Crippen molar-refractivity contribution in [3.05, 3.63) is 61.9 Å². The number of halogens is 6. The quantitative estimate of drug-likeness (QED) is 0.390. The molecule has 0 saturated carbocycles. The highest BCUT2D eigenvalue weighted by atomic mass is 79.9. The van der Waals surface area contributed by atoms with E-state index >= 15 is 0 Å². The molecule has 0 amide bonds. The van der Waals surface area contributed by atoms with Crippen molar-refractivity contribution >= 4 is 39.1 Å². The minimum Gasteiger partial charge on any atom is -0.463 e. The van der Waals surface area contributed by atoms with Gasteiger partial charge in [0.05, 0.1) is 25.3 Å². The maximum Gasteiger partial charge on any atom is 0.338 e. The lowest BCUT2D eigenvalue weighted by molar-refractivity contribution is -0.252. The summed E-state index contributed by atoms with van der Waals surface area (Å²) in [7, 11) is 0. The number of hydrogen-bond donors (Lipinski definition) is 2. The number of alkyl halides is 4. The lowest BCUT2D eigenvalue weighted by atomic mass is 9.94. The Bertz CT molecular complexity index is 1190. The number of aliphatic imine (C=N–C) groups is 1. The standard InChI is InChI=1S/C22H20BrF5N4O3S/c1-2-35-19(33)15-14(8-32-9-21(25,26)20(34)22(27,28)10-32)30-17(18-29-5-6-36-18)31-16(15)12-4-3-11(24)7-13(12)23/h3-7,16,20,34H,2,8-10H2,1H3,(H,30,31)/t16-/m0/s1. The number of aliphatic hydroxyl groups is 1. The first kappa shape index (κ1) is 26.6. The van der Waals surface area contributed by atoms with Gasteiger partial charge in [-0.3, -0.25) is 9.89 Å². The molecule has 0 radical (unpaired) electrons. The molecule has 2 N–H and O–H groups in total. The van der Waals surface area contributed by atoms with Crippen molar-refractivity contribution in [1.82, 2.24) is 15.2 Å². The fourth-order valence-electron chi connectivity index (χ4n) is 4.04. The van der Waals surface area contributed by atoms with Crippen molar-refractivity contribution in [2.45, 2.75) is 30.9 Å². The number of piperidine rings is 1. The SMILES string of the molecule is CCOC(=O)C1=C(CN2CC(F)(F)C(O)C(F)(F)C2)NC(c2nccs2)=N[C@H]1c1ccc(F)cc1Br. The van der Waals surface area contributed by atoms with Gasteiger partial charge in [-0.25, -0.2) is 31.7 Å². The summed E-state index contributed by atoms with van der Waals surface area (Å²) in [6.45, 7) is -1.33. The Labute approximate surface area is 214 Å². The molecule has 3 heterocycles. The van der Waals surface area contributed by atoms with E-state index in [4.69, 9.17) is 4.74 Å². The summed E-state index contributed by atoms with van der Waals surface area (Å²) in [5.41, 5.74) is 0.248. The first-order chi connectivity index (χ1) is 16.9. The second kappa shape index (κ2) is 10.1. The van der Waals surface area contributed by atoms with Crippen LogP contribution in [0.4, 0.5) is 22.0 Å². The molecule has 14 heteroatoms. The van der Waals surface area contributed by atoms with Gasteiger partial charge in [-0.2, -0.15) is 0 Å². The summed E-state index contributed by atoms with van der Waals surface area (Å²) < 4.78 is 76.2. The molecule has 194 valence electrons. The van der Waals surface area contributed by atoms with E-state index < -0.39 is 55.4 Å². The average molecular weight is 595 g/mol. The van der Waals surface area contributed by atoms with E-state index in [0.717, 1.165) is 11.0 Å². The van der Waals surface area contributed by atoms with Crippen LogP contribution in [0.2, 0.25) is 0 Å². The number of esters is 1. The van der Waals surface area contributed by atoms with Gasteiger partial charge in [0.15, 0.2) is 16.9 Å². The second-order valence-electron chi connectivity index (χ2n) is 8.19. The number of carbonyl (C=O) groups is 1. The highest BCUT2D eigenvalue weighted by molar-refractivity contribution is 9.10. The maximum atomic E-state index is 14.2. The predicted molar refractivity (Wildman–Crippen MR) is 125 cm³/mol. The maximum absolute atomic E-state index is 14.2. The van der Waals surface area contributed by atoms with Gasteiger partial charge in [-0.15, -0.1) is 11.3 Å². The number of ether oxygens (including phenoxy) is 1. The van der Waals surface area contributed by atoms with Gasteiger partial charge >= 0.3 is 5.97 Å². The van der Waals surface area contributed by atoms with Crippen LogP contribution < -0.4 is 5.32 Å². The van der Waals surface area contributed by atoms with Crippen molar-refractivity contribution in [1.29, 1.82) is 0 Å². The van der Waals surface area contributed by atoms with Gasteiger partial charge in [-0.05, 0) is 24.6 Å². The van der Waals surface area contributed by atoms with Gasteiger partial charge in [0.1, 0.15) is 11.9 Å². The van der Waals surface area contributed by atoms with Crippen molar-refractivity contribution in [2.75, 3.05) is 26.2 Å². The van der Waals surface area contributed by atoms with Crippen molar-refractivity contribution in [2.24, 2.45) is 4.99 Å². The van der Waals surface area contributed by atoms with E-state index in [1.165, 1.54) is 29.7 Å². The average Bonchev–Trinajstić information content (AvgIpc) is 3.32. The molecule has 36 heavy (non-hydrogen) atoms. The number of nitrogens with zero attached hydrogens (tertiary/aromatic N) is 3. The third-order valence-corrected chi connectivity index (χ3v) is 7.03. The van der Waals surface area contributed by atoms with Crippen LogP contribution in [0.3, 0.4) is 0 Å². The summed E-state index contributed by atoms with van der Waals surface area (Å²) in [6, 6.07) is 2.64. The van der Waals surface area contributed by atoms with Crippen molar-refractivity contribution < 1.29 is 36.6 Å². The number of benzene rings is 1. The lowest BCUT2D eigenvalue weighted by Gasteiger charge is -2.41.